The summed E-state index contributed by atoms with van der Waals surface area (Å²) in [5.41, 5.74) is 9.57. The van der Waals surface area contributed by atoms with E-state index in [1.807, 2.05) is 30.3 Å². The molecule has 8 heteroatoms. The predicted molar refractivity (Wildman–Crippen MR) is 140 cm³/mol. The first-order chi connectivity index (χ1) is 16.1. The highest BCUT2D eigenvalue weighted by Crippen LogP contribution is 2.29. The van der Waals surface area contributed by atoms with Crippen LogP contribution in [0.2, 0.25) is 5.02 Å². The van der Waals surface area contributed by atoms with Gasteiger partial charge in [-0.15, -0.1) is 0 Å². The van der Waals surface area contributed by atoms with Crippen LogP contribution < -0.4 is 16.4 Å². The Morgan fingerprint density at radius 3 is 2.70 bits per heavy atom. The van der Waals surface area contributed by atoms with E-state index >= 15 is 0 Å². The number of nitrogen functional groups attached to an aromatic ring is 1. The SMILES string of the molecule is CCCCc1nc2c(N)nc3ccccc3c2n1CCCCNC(=O)Nc1ccccc1Cl.[HH].[HH]. The third kappa shape index (κ3) is 5.20. The van der Waals surface area contributed by atoms with Gasteiger partial charge in [-0.05, 0) is 37.5 Å². The minimum absolute atomic E-state index is 0. The number of halogens is 1. The molecule has 2 aromatic heterocycles. The van der Waals surface area contributed by atoms with Crippen molar-refractivity contribution in [3.63, 3.8) is 0 Å². The van der Waals surface area contributed by atoms with Crippen LogP contribution in [-0.2, 0) is 13.0 Å². The number of nitrogens with one attached hydrogen (secondary N) is 2. The number of benzene rings is 2. The quantitative estimate of drug-likeness (QED) is 0.252. The van der Waals surface area contributed by atoms with Gasteiger partial charge in [0.2, 0.25) is 0 Å². The Morgan fingerprint density at radius 2 is 1.88 bits per heavy atom. The fraction of sp³-hybridized carbons (Fsp3) is 0.320. The van der Waals surface area contributed by atoms with Crippen LogP contribution in [0.5, 0.6) is 0 Å². The summed E-state index contributed by atoms with van der Waals surface area (Å²) in [5, 5.41) is 7.26. The molecule has 0 saturated carbocycles. The summed E-state index contributed by atoms with van der Waals surface area (Å²) in [7, 11) is 0. The zero-order chi connectivity index (χ0) is 23.2. The first-order valence-electron chi connectivity index (χ1n) is 11.4. The van der Waals surface area contributed by atoms with Gasteiger partial charge in [-0.3, -0.25) is 0 Å². The van der Waals surface area contributed by atoms with Crippen molar-refractivity contribution in [3.8, 4) is 0 Å². The van der Waals surface area contributed by atoms with E-state index < -0.39 is 0 Å². The second kappa shape index (κ2) is 10.5. The Hall–Kier alpha value is -3.32. The van der Waals surface area contributed by atoms with Gasteiger partial charge in [0.25, 0.3) is 0 Å². The van der Waals surface area contributed by atoms with E-state index in [0.717, 1.165) is 66.4 Å². The van der Waals surface area contributed by atoms with Crippen molar-refractivity contribution >= 4 is 51.1 Å². The highest BCUT2D eigenvalue weighted by atomic mass is 35.5. The number of amides is 2. The number of hydrogen-bond acceptors (Lipinski definition) is 4. The number of anilines is 2. The molecular formula is C25H33ClN6O. The maximum absolute atomic E-state index is 12.2. The molecule has 2 amide bonds. The van der Waals surface area contributed by atoms with Crippen LogP contribution in [-0.4, -0.2) is 27.1 Å². The lowest BCUT2D eigenvalue weighted by molar-refractivity contribution is 0.252. The maximum Gasteiger partial charge on any atom is 0.319 e. The zero-order valence-electron chi connectivity index (χ0n) is 18.8. The van der Waals surface area contributed by atoms with E-state index in [4.69, 9.17) is 22.3 Å². The fourth-order valence-corrected chi connectivity index (χ4v) is 4.18. The average Bonchev–Trinajstić information content (AvgIpc) is 3.18. The van der Waals surface area contributed by atoms with Gasteiger partial charge in [0.1, 0.15) is 11.3 Å². The third-order valence-corrected chi connectivity index (χ3v) is 5.99. The largest absolute Gasteiger partial charge is 0.382 e. The molecule has 0 aliphatic rings. The molecule has 4 aromatic rings. The van der Waals surface area contributed by atoms with Crippen molar-refractivity contribution in [3.05, 3.63) is 59.4 Å². The molecule has 0 fully saturated rings. The number of nitrogens with zero attached hydrogens (tertiary/aromatic N) is 3. The average molecular weight is 469 g/mol. The number of para-hydroxylation sites is 2. The summed E-state index contributed by atoms with van der Waals surface area (Å²) in [6.45, 7) is 3.55. The molecule has 4 rings (SSSR count). The van der Waals surface area contributed by atoms with Crippen molar-refractivity contribution < 1.29 is 7.65 Å². The van der Waals surface area contributed by atoms with Gasteiger partial charge in [-0.1, -0.05) is 55.3 Å². The van der Waals surface area contributed by atoms with E-state index in [-0.39, 0.29) is 8.88 Å². The predicted octanol–water partition coefficient (Wildman–Crippen LogP) is 6.26. The molecule has 2 aromatic carbocycles. The molecule has 2 heterocycles. The molecule has 7 nitrogen and oxygen atoms in total. The van der Waals surface area contributed by atoms with Crippen LogP contribution in [0.25, 0.3) is 21.9 Å². The first kappa shape index (κ1) is 22.9. The number of aromatic nitrogens is 3. The van der Waals surface area contributed by atoms with Gasteiger partial charge < -0.3 is 20.9 Å². The molecule has 33 heavy (non-hydrogen) atoms. The Balaban J connectivity index is 0.00000216. The molecule has 0 saturated heterocycles. The van der Waals surface area contributed by atoms with Crippen LogP contribution in [0.3, 0.4) is 0 Å². The van der Waals surface area contributed by atoms with Crippen molar-refractivity contribution in [1.82, 2.24) is 19.9 Å². The van der Waals surface area contributed by atoms with Crippen molar-refractivity contribution in [2.24, 2.45) is 0 Å². The first-order valence-corrected chi connectivity index (χ1v) is 11.8. The second-order valence-corrected chi connectivity index (χ2v) is 8.47. The van der Waals surface area contributed by atoms with Crippen molar-refractivity contribution in [2.75, 3.05) is 17.6 Å². The number of carbonyl (C=O) groups is 1. The molecule has 0 bridgehead atoms. The van der Waals surface area contributed by atoms with E-state index in [2.05, 4.69) is 33.2 Å². The summed E-state index contributed by atoms with van der Waals surface area (Å²) < 4.78 is 2.29. The lowest BCUT2D eigenvalue weighted by atomic mass is 10.2. The van der Waals surface area contributed by atoms with E-state index in [1.165, 1.54) is 0 Å². The summed E-state index contributed by atoms with van der Waals surface area (Å²) in [6, 6.07) is 15.0. The molecule has 176 valence electrons. The Kier molecular flexibility index (Phi) is 7.29. The van der Waals surface area contributed by atoms with Gasteiger partial charge in [-0.25, -0.2) is 14.8 Å². The van der Waals surface area contributed by atoms with E-state index in [1.54, 1.807) is 12.1 Å². The molecule has 0 aliphatic carbocycles. The summed E-state index contributed by atoms with van der Waals surface area (Å²) in [4.78, 5) is 21.6. The number of carbonyl (C=O) groups excluding carboxylic acids is 1. The molecule has 4 N–H and O–H groups in total. The van der Waals surface area contributed by atoms with Gasteiger partial charge in [0, 0.05) is 27.7 Å². The van der Waals surface area contributed by atoms with E-state index in [0.29, 0.717) is 23.1 Å². The number of nitrogens with two attached hydrogens (primary N) is 1. The van der Waals surface area contributed by atoms with Crippen LogP contribution in [0.4, 0.5) is 16.3 Å². The van der Waals surface area contributed by atoms with Crippen LogP contribution in [0, 0.1) is 0 Å². The number of hydrogen-bond donors (Lipinski definition) is 3. The molecule has 0 radical (unpaired) electrons. The Labute approximate surface area is 201 Å². The van der Waals surface area contributed by atoms with Crippen LogP contribution in [0.1, 0.15) is 41.3 Å². The van der Waals surface area contributed by atoms with Crippen molar-refractivity contribution in [2.45, 2.75) is 45.6 Å². The minimum atomic E-state index is -0.260. The fourth-order valence-electron chi connectivity index (χ4n) is 4.00. The second-order valence-electron chi connectivity index (χ2n) is 8.06. The molecule has 0 unspecified atom stereocenters. The van der Waals surface area contributed by atoms with Gasteiger partial charge in [0.05, 0.1) is 21.7 Å². The smallest absolute Gasteiger partial charge is 0.319 e. The van der Waals surface area contributed by atoms with Gasteiger partial charge in [0.15, 0.2) is 5.82 Å². The number of fused-ring (bicyclic) bond motifs is 3. The Bertz CT molecular complexity index is 1280. The molecule has 0 atom stereocenters. The molecular weight excluding hydrogens is 436 g/mol. The standard InChI is InChI=1S/C25H29ClN6O.2H2/c1-2-3-14-21-31-22-23(17-10-4-6-12-19(17)29-24(22)27)32(21)16-9-8-15-28-25(33)30-20-13-7-5-11-18(20)26;;/h4-7,10-13H,2-3,8-9,14-16H2,1H3,(H2,27,29)(H2,28,30,33);2*1H. The molecule has 0 aliphatic heterocycles. The Morgan fingerprint density at radius 1 is 1.09 bits per heavy atom. The monoisotopic (exact) mass is 468 g/mol. The van der Waals surface area contributed by atoms with E-state index in [9.17, 15) is 4.79 Å². The number of unbranched alkanes of at least 4 members (excludes halogenated alkanes) is 2. The number of pyridine rings is 1. The third-order valence-electron chi connectivity index (χ3n) is 5.66. The minimum Gasteiger partial charge on any atom is -0.382 e. The lowest BCUT2D eigenvalue weighted by Crippen LogP contribution is -2.29. The van der Waals surface area contributed by atoms with Crippen molar-refractivity contribution in [1.29, 1.82) is 0 Å². The summed E-state index contributed by atoms with van der Waals surface area (Å²) >= 11 is 6.10. The summed E-state index contributed by atoms with van der Waals surface area (Å²) in [6.07, 6.45) is 4.80. The number of imidazole rings is 1. The zero-order valence-corrected chi connectivity index (χ0v) is 19.5. The normalized spacial score (nSPS) is 11.2. The number of aryl methyl sites for hydroxylation is 2. The molecule has 0 spiro atoms. The highest BCUT2D eigenvalue weighted by Gasteiger charge is 2.16. The topological polar surface area (TPSA) is 97.9 Å². The lowest BCUT2D eigenvalue weighted by Gasteiger charge is -2.12. The highest BCUT2D eigenvalue weighted by molar-refractivity contribution is 6.33. The number of rotatable bonds is 9. The van der Waals surface area contributed by atoms with Gasteiger partial charge >= 0.3 is 6.03 Å². The maximum atomic E-state index is 12.2. The summed E-state index contributed by atoms with van der Waals surface area (Å²) in [5.74, 6) is 1.51. The van der Waals surface area contributed by atoms with Crippen LogP contribution >= 0.6 is 11.6 Å². The van der Waals surface area contributed by atoms with Gasteiger partial charge in [-0.2, -0.15) is 0 Å². The number of urea groups is 1. The van der Waals surface area contributed by atoms with Crippen LogP contribution in [0.15, 0.2) is 48.5 Å².